The van der Waals surface area contributed by atoms with Crippen molar-refractivity contribution in [1.29, 1.82) is 0 Å². The number of benzene rings is 1. The molecule has 0 heterocycles. The van der Waals surface area contributed by atoms with E-state index >= 15 is 0 Å². The Bertz CT molecular complexity index is 266. The van der Waals surface area contributed by atoms with Gasteiger partial charge in [-0.3, -0.25) is 0 Å². The average Bonchev–Trinajstić information content (AvgIpc) is 2.15. The first kappa shape index (κ1) is 10.8. The van der Waals surface area contributed by atoms with E-state index in [1.165, 1.54) is 0 Å². The minimum Gasteiger partial charge on any atom is -0.423 e. The number of hydrogen-bond donors (Lipinski definition) is 2. The Labute approximate surface area is 86.9 Å². The van der Waals surface area contributed by atoms with Crippen LogP contribution in [-0.2, 0) is 6.42 Å². The van der Waals surface area contributed by atoms with Crippen molar-refractivity contribution in [3.8, 4) is 0 Å². The lowest BCUT2D eigenvalue weighted by molar-refractivity contribution is 0.425. The van der Waals surface area contributed by atoms with Crippen LogP contribution in [0.2, 0.25) is 0 Å². The Morgan fingerprint density at radius 1 is 1.23 bits per heavy atom. The predicted molar refractivity (Wildman–Crippen MR) is 58.4 cm³/mol. The van der Waals surface area contributed by atoms with E-state index in [-0.39, 0.29) is 0 Å². The number of alkyl halides is 1. The van der Waals surface area contributed by atoms with Gasteiger partial charge in [0.2, 0.25) is 0 Å². The summed E-state index contributed by atoms with van der Waals surface area (Å²) in [7, 11) is -1.36. The molecule has 13 heavy (non-hydrogen) atoms. The summed E-state index contributed by atoms with van der Waals surface area (Å²) in [5.74, 6) is 0. The molecule has 0 fully saturated rings. The first-order valence-corrected chi connectivity index (χ1v) is 5.37. The fourth-order valence-electron chi connectivity index (χ4n) is 1.27. The number of hydrogen-bond acceptors (Lipinski definition) is 2. The summed E-state index contributed by atoms with van der Waals surface area (Å²) >= 11 is 3.34. The number of halogens is 1. The quantitative estimate of drug-likeness (QED) is 0.603. The molecule has 0 radical (unpaired) electrons. The molecule has 4 heteroatoms. The molecule has 0 aliphatic carbocycles. The zero-order valence-corrected chi connectivity index (χ0v) is 8.87. The van der Waals surface area contributed by atoms with Gasteiger partial charge in [-0.15, -0.1) is 0 Å². The van der Waals surface area contributed by atoms with Crippen LogP contribution in [0.5, 0.6) is 0 Å². The molecular weight excluding hydrogens is 231 g/mol. The summed E-state index contributed by atoms with van der Waals surface area (Å²) in [6.45, 7) is 0. The van der Waals surface area contributed by atoms with Crippen molar-refractivity contribution in [1.82, 2.24) is 0 Å². The minimum absolute atomic E-state index is 0.614. The van der Waals surface area contributed by atoms with Crippen LogP contribution in [0.25, 0.3) is 0 Å². The second-order valence-corrected chi connectivity index (χ2v) is 3.66. The van der Waals surface area contributed by atoms with Gasteiger partial charge in [-0.25, -0.2) is 0 Å². The fraction of sp³-hybridized carbons (Fsp3) is 0.333. The molecule has 0 aliphatic rings. The van der Waals surface area contributed by atoms with Crippen molar-refractivity contribution >= 4 is 28.5 Å². The molecule has 1 rings (SSSR count). The maximum Gasteiger partial charge on any atom is 0.488 e. The van der Waals surface area contributed by atoms with Crippen LogP contribution in [-0.4, -0.2) is 22.5 Å². The lowest BCUT2D eigenvalue weighted by Crippen LogP contribution is -2.32. The van der Waals surface area contributed by atoms with Gasteiger partial charge < -0.3 is 10.0 Å². The molecule has 0 saturated carbocycles. The van der Waals surface area contributed by atoms with E-state index in [4.69, 9.17) is 10.0 Å². The Hall–Kier alpha value is -0.315. The Morgan fingerprint density at radius 3 is 2.54 bits per heavy atom. The van der Waals surface area contributed by atoms with E-state index in [2.05, 4.69) is 15.9 Å². The van der Waals surface area contributed by atoms with Gasteiger partial charge in [0.1, 0.15) is 0 Å². The first-order valence-electron chi connectivity index (χ1n) is 4.25. The molecule has 0 unspecified atom stereocenters. The van der Waals surface area contributed by atoms with Crippen molar-refractivity contribution in [2.45, 2.75) is 12.8 Å². The molecule has 0 amide bonds. The highest BCUT2D eigenvalue weighted by Crippen LogP contribution is 2.02. The lowest BCUT2D eigenvalue weighted by atomic mass is 9.76. The van der Waals surface area contributed by atoms with Crippen molar-refractivity contribution in [2.24, 2.45) is 0 Å². The maximum absolute atomic E-state index is 9.05. The van der Waals surface area contributed by atoms with Gasteiger partial charge in [-0.05, 0) is 23.9 Å². The lowest BCUT2D eigenvalue weighted by Gasteiger charge is -2.06. The maximum atomic E-state index is 9.05. The Morgan fingerprint density at radius 2 is 1.92 bits per heavy atom. The highest BCUT2D eigenvalue weighted by atomic mass is 79.9. The Kier molecular flexibility index (Phi) is 4.49. The van der Waals surface area contributed by atoms with Gasteiger partial charge in [0.25, 0.3) is 0 Å². The molecule has 2 N–H and O–H groups in total. The van der Waals surface area contributed by atoms with Crippen LogP contribution in [0, 0.1) is 0 Å². The monoisotopic (exact) mass is 242 g/mol. The normalized spacial score (nSPS) is 10.1. The topological polar surface area (TPSA) is 40.5 Å². The Balaban J connectivity index is 2.78. The van der Waals surface area contributed by atoms with E-state index in [0.717, 1.165) is 23.7 Å². The van der Waals surface area contributed by atoms with Crippen molar-refractivity contribution in [3.05, 3.63) is 29.8 Å². The zero-order chi connectivity index (χ0) is 9.68. The molecular formula is C9H12BBrO2. The summed E-state index contributed by atoms with van der Waals surface area (Å²) < 4.78 is 0. The molecule has 1 aromatic rings. The third kappa shape index (κ3) is 3.14. The van der Waals surface area contributed by atoms with Crippen LogP contribution in [0.4, 0.5) is 0 Å². The second kappa shape index (κ2) is 5.42. The van der Waals surface area contributed by atoms with Crippen LogP contribution in [0.15, 0.2) is 24.3 Å². The minimum atomic E-state index is -1.36. The molecule has 0 saturated heterocycles. The van der Waals surface area contributed by atoms with E-state index in [1.807, 2.05) is 18.2 Å². The van der Waals surface area contributed by atoms with Crippen molar-refractivity contribution in [2.75, 3.05) is 5.33 Å². The van der Waals surface area contributed by atoms with Crippen LogP contribution in [0.3, 0.4) is 0 Å². The van der Waals surface area contributed by atoms with Gasteiger partial charge in [0.05, 0.1) is 0 Å². The first-order chi connectivity index (χ1) is 6.25. The van der Waals surface area contributed by atoms with E-state index < -0.39 is 7.12 Å². The van der Waals surface area contributed by atoms with Crippen molar-refractivity contribution in [3.63, 3.8) is 0 Å². The third-order valence-electron chi connectivity index (χ3n) is 1.91. The third-order valence-corrected chi connectivity index (χ3v) is 2.47. The van der Waals surface area contributed by atoms with Crippen LogP contribution in [0.1, 0.15) is 12.0 Å². The summed E-state index contributed by atoms with van der Waals surface area (Å²) in [4.78, 5) is 0. The molecule has 0 spiro atoms. The summed E-state index contributed by atoms with van der Waals surface area (Å²) in [5.41, 5.74) is 1.63. The zero-order valence-electron chi connectivity index (χ0n) is 7.28. The molecule has 0 aromatic heterocycles. The van der Waals surface area contributed by atoms with E-state index in [0.29, 0.717) is 5.46 Å². The van der Waals surface area contributed by atoms with Gasteiger partial charge in [-0.2, -0.15) is 0 Å². The molecule has 1 aromatic carbocycles. The summed E-state index contributed by atoms with van der Waals surface area (Å²) in [6.07, 6.45) is 1.88. The van der Waals surface area contributed by atoms with Crippen LogP contribution < -0.4 is 5.46 Å². The van der Waals surface area contributed by atoms with E-state index in [9.17, 15) is 0 Å². The largest absolute Gasteiger partial charge is 0.488 e. The highest BCUT2D eigenvalue weighted by molar-refractivity contribution is 9.09. The molecule has 0 bridgehead atoms. The number of aryl methyl sites for hydroxylation is 1. The standard InChI is InChI=1S/C9H12BBrO2/c11-7-3-5-8-4-1-2-6-9(8)10(12)13/h1-2,4,6,12-13H,3,5,7H2. The van der Waals surface area contributed by atoms with Gasteiger partial charge in [-0.1, -0.05) is 40.2 Å². The van der Waals surface area contributed by atoms with Crippen LogP contribution >= 0.6 is 15.9 Å². The molecule has 70 valence electrons. The fourth-order valence-corrected chi connectivity index (χ4v) is 1.55. The average molecular weight is 243 g/mol. The molecule has 0 aliphatic heterocycles. The van der Waals surface area contributed by atoms with Gasteiger partial charge in [0, 0.05) is 5.33 Å². The van der Waals surface area contributed by atoms with E-state index in [1.54, 1.807) is 6.07 Å². The predicted octanol–water partition coefficient (Wildman–Crippen LogP) is 0.694. The van der Waals surface area contributed by atoms with Gasteiger partial charge >= 0.3 is 7.12 Å². The SMILES string of the molecule is OB(O)c1ccccc1CCCBr. The summed E-state index contributed by atoms with van der Waals surface area (Å²) in [5, 5.41) is 19.0. The van der Waals surface area contributed by atoms with Gasteiger partial charge in [0.15, 0.2) is 0 Å². The summed E-state index contributed by atoms with van der Waals surface area (Å²) in [6, 6.07) is 7.40. The number of rotatable bonds is 4. The second-order valence-electron chi connectivity index (χ2n) is 2.87. The molecule has 0 atom stereocenters. The highest BCUT2D eigenvalue weighted by Gasteiger charge is 2.14. The molecule has 2 nitrogen and oxygen atoms in total. The smallest absolute Gasteiger partial charge is 0.423 e. The van der Waals surface area contributed by atoms with Crippen molar-refractivity contribution < 1.29 is 10.0 Å².